The second-order valence-electron chi connectivity index (χ2n) is 5.77. The van der Waals surface area contributed by atoms with E-state index in [4.69, 9.17) is 11.6 Å². The van der Waals surface area contributed by atoms with Gasteiger partial charge in [0.2, 0.25) is 0 Å². The Labute approximate surface area is 174 Å². The van der Waals surface area contributed by atoms with Gasteiger partial charge in [-0.05, 0) is 42.6 Å². The minimum atomic E-state index is -3.78. The second kappa shape index (κ2) is 7.67. The number of halogens is 2. The van der Waals surface area contributed by atoms with Crippen LogP contribution in [-0.4, -0.2) is 13.0 Å². The summed E-state index contributed by atoms with van der Waals surface area (Å²) in [5, 5.41) is 6.70. The van der Waals surface area contributed by atoms with Crippen LogP contribution < -0.4 is 15.6 Å². The summed E-state index contributed by atoms with van der Waals surface area (Å²) < 4.78 is 30.0. The fraction of sp³-hybridized carbons (Fsp3) is 0.118. The molecule has 27 heavy (non-hydrogen) atoms. The Hall–Kier alpha value is -1.81. The predicted octanol–water partition coefficient (Wildman–Crippen LogP) is 4.72. The monoisotopic (exact) mass is 487 g/mol. The molecule has 1 aromatic carbocycles. The molecule has 0 spiro atoms. The van der Waals surface area contributed by atoms with Crippen LogP contribution >= 0.6 is 38.9 Å². The minimum Gasteiger partial charge on any atom is -0.339 e. The lowest BCUT2D eigenvalue weighted by Crippen LogP contribution is -2.24. The first-order chi connectivity index (χ1) is 12.7. The zero-order valence-electron chi connectivity index (χ0n) is 14.3. The van der Waals surface area contributed by atoms with Crippen molar-refractivity contribution in [3.05, 3.63) is 66.5 Å². The Morgan fingerprint density at radius 2 is 1.93 bits per heavy atom. The third-order valence-corrected chi connectivity index (χ3v) is 6.83. The van der Waals surface area contributed by atoms with Gasteiger partial charge in [0.25, 0.3) is 15.6 Å². The van der Waals surface area contributed by atoms with Gasteiger partial charge in [0.05, 0.1) is 21.3 Å². The molecule has 10 heteroatoms. The lowest BCUT2D eigenvalue weighted by molar-refractivity contribution is 0.601. The number of benzene rings is 1. The van der Waals surface area contributed by atoms with Crippen LogP contribution in [0.15, 0.2) is 55.3 Å². The van der Waals surface area contributed by atoms with Crippen molar-refractivity contribution < 1.29 is 8.42 Å². The Kier molecular flexibility index (Phi) is 5.66. The van der Waals surface area contributed by atoms with Crippen LogP contribution in [0.5, 0.6) is 0 Å². The zero-order chi connectivity index (χ0) is 19.8. The van der Waals surface area contributed by atoms with Crippen LogP contribution in [0.3, 0.4) is 0 Å². The molecule has 0 aliphatic heterocycles. The molecule has 0 aliphatic carbocycles. The summed E-state index contributed by atoms with van der Waals surface area (Å²) >= 11 is 10.9. The van der Waals surface area contributed by atoms with Gasteiger partial charge >= 0.3 is 0 Å². The summed E-state index contributed by atoms with van der Waals surface area (Å²) in [6.07, 6.45) is 0. The van der Waals surface area contributed by atoms with E-state index in [1.807, 2.05) is 0 Å². The van der Waals surface area contributed by atoms with E-state index in [9.17, 15) is 13.2 Å². The molecule has 6 nitrogen and oxygen atoms in total. The molecule has 3 rings (SSSR count). The van der Waals surface area contributed by atoms with Crippen LogP contribution in [0.25, 0.3) is 0 Å². The average molecular weight is 489 g/mol. The van der Waals surface area contributed by atoms with Crippen molar-refractivity contribution in [2.24, 2.45) is 7.05 Å². The normalized spacial score (nSPS) is 11.4. The van der Waals surface area contributed by atoms with Crippen molar-refractivity contribution in [2.75, 3.05) is 10.0 Å². The number of thiophene rings is 1. The standard InChI is InChI=1S/C17H15BrClN3O3S2/c1-10-7-15(21-27(24,25)12-5-6-26-9-12)16(22(2)17(10)23)20-14-4-3-11(18)8-13(14)19/h3-9,20-21H,1-2H3. The van der Waals surface area contributed by atoms with Crippen molar-refractivity contribution >= 4 is 66.1 Å². The summed E-state index contributed by atoms with van der Waals surface area (Å²) in [5.74, 6) is 0.286. The van der Waals surface area contributed by atoms with E-state index in [2.05, 4.69) is 26.0 Å². The number of hydrogen-bond donors (Lipinski definition) is 2. The number of aryl methyl sites for hydroxylation is 1. The van der Waals surface area contributed by atoms with Gasteiger partial charge in [-0.2, -0.15) is 11.3 Å². The van der Waals surface area contributed by atoms with E-state index in [1.165, 1.54) is 33.4 Å². The van der Waals surface area contributed by atoms with Crippen molar-refractivity contribution in [2.45, 2.75) is 11.8 Å². The first-order valence-electron chi connectivity index (χ1n) is 7.67. The number of nitrogens with zero attached hydrogens (tertiary/aromatic N) is 1. The first kappa shape index (κ1) is 19.9. The molecular formula is C17H15BrClN3O3S2. The van der Waals surface area contributed by atoms with Gasteiger partial charge in [-0.1, -0.05) is 27.5 Å². The maximum atomic E-state index is 12.6. The highest BCUT2D eigenvalue weighted by atomic mass is 79.9. The summed E-state index contributed by atoms with van der Waals surface area (Å²) in [6, 6.07) is 8.23. The number of nitrogens with one attached hydrogen (secondary N) is 2. The third-order valence-electron chi connectivity index (χ3n) is 3.83. The Balaban J connectivity index is 2.10. The van der Waals surface area contributed by atoms with Crippen LogP contribution in [-0.2, 0) is 17.1 Å². The van der Waals surface area contributed by atoms with Crippen LogP contribution in [0.2, 0.25) is 5.02 Å². The first-order valence-corrected chi connectivity index (χ1v) is 11.3. The number of hydrogen-bond acceptors (Lipinski definition) is 5. The lowest BCUT2D eigenvalue weighted by Gasteiger charge is -2.18. The Morgan fingerprint density at radius 3 is 2.56 bits per heavy atom. The molecule has 0 bridgehead atoms. The topological polar surface area (TPSA) is 80.2 Å². The zero-order valence-corrected chi connectivity index (χ0v) is 18.3. The maximum absolute atomic E-state index is 12.6. The highest BCUT2D eigenvalue weighted by Crippen LogP contribution is 2.32. The summed E-state index contributed by atoms with van der Waals surface area (Å²) in [4.78, 5) is 12.5. The minimum absolute atomic E-state index is 0.159. The number of pyridine rings is 1. The smallest absolute Gasteiger partial charge is 0.262 e. The molecule has 0 saturated carbocycles. The molecule has 0 saturated heterocycles. The fourth-order valence-electron chi connectivity index (χ4n) is 2.45. The van der Waals surface area contributed by atoms with Crippen molar-refractivity contribution in [1.29, 1.82) is 0 Å². The Morgan fingerprint density at radius 1 is 1.19 bits per heavy atom. The molecule has 0 unspecified atom stereocenters. The fourth-order valence-corrected chi connectivity index (χ4v) is 5.26. The third kappa shape index (κ3) is 4.21. The van der Waals surface area contributed by atoms with Crippen LogP contribution in [0.1, 0.15) is 5.56 Å². The molecule has 0 atom stereocenters. The van der Waals surface area contributed by atoms with Gasteiger partial charge in [-0.15, -0.1) is 0 Å². The van der Waals surface area contributed by atoms with Gasteiger partial charge in [-0.25, -0.2) is 8.42 Å². The highest BCUT2D eigenvalue weighted by Gasteiger charge is 2.20. The predicted molar refractivity (Wildman–Crippen MR) is 114 cm³/mol. The van der Waals surface area contributed by atoms with E-state index in [0.29, 0.717) is 16.3 Å². The van der Waals surface area contributed by atoms with Crippen LogP contribution in [0.4, 0.5) is 17.2 Å². The highest BCUT2D eigenvalue weighted by molar-refractivity contribution is 9.10. The van der Waals surface area contributed by atoms with Crippen LogP contribution in [0, 0.1) is 6.92 Å². The molecule has 2 N–H and O–H groups in total. The molecule has 0 fully saturated rings. The van der Waals surface area contributed by atoms with Gasteiger partial charge in [0.15, 0.2) is 0 Å². The lowest BCUT2D eigenvalue weighted by atomic mass is 10.2. The van der Waals surface area contributed by atoms with E-state index < -0.39 is 10.0 Å². The van der Waals surface area contributed by atoms with Gasteiger partial charge < -0.3 is 5.32 Å². The summed E-state index contributed by atoms with van der Waals surface area (Å²) in [6.45, 7) is 1.63. The number of rotatable bonds is 5. The van der Waals surface area contributed by atoms with Crippen molar-refractivity contribution in [3.63, 3.8) is 0 Å². The molecule has 142 valence electrons. The van der Waals surface area contributed by atoms with E-state index >= 15 is 0 Å². The second-order valence-corrected chi connectivity index (χ2v) is 9.55. The molecular weight excluding hydrogens is 474 g/mol. The maximum Gasteiger partial charge on any atom is 0.262 e. The molecule has 0 amide bonds. The number of anilines is 3. The quantitative estimate of drug-likeness (QED) is 0.545. The van der Waals surface area contributed by atoms with E-state index in [1.54, 1.807) is 37.6 Å². The largest absolute Gasteiger partial charge is 0.339 e. The van der Waals surface area contributed by atoms with Gasteiger partial charge in [0.1, 0.15) is 5.82 Å². The van der Waals surface area contributed by atoms with E-state index in [0.717, 1.165) is 4.47 Å². The van der Waals surface area contributed by atoms with Crippen molar-refractivity contribution in [1.82, 2.24) is 4.57 Å². The summed E-state index contributed by atoms with van der Waals surface area (Å²) in [7, 11) is -2.22. The Bertz CT molecular complexity index is 1160. The number of sulfonamides is 1. The molecule has 2 heterocycles. The molecule has 3 aromatic rings. The molecule has 2 aromatic heterocycles. The molecule has 0 aliphatic rings. The van der Waals surface area contributed by atoms with Gasteiger partial charge in [-0.3, -0.25) is 14.1 Å². The number of aromatic nitrogens is 1. The molecule has 0 radical (unpaired) electrons. The SMILES string of the molecule is Cc1cc(NS(=O)(=O)c2ccsc2)c(Nc2ccc(Br)cc2Cl)n(C)c1=O. The van der Waals surface area contributed by atoms with Gasteiger partial charge in [0, 0.05) is 22.5 Å². The van der Waals surface area contributed by atoms with Crippen molar-refractivity contribution in [3.8, 4) is 0 Å². The van der Waals surface area contributed by atoms with E-state index in [-0.39, 0.29) is 22.0 Å². The summed E-state index contributed by atoms with van der Waals surface area (Å²) in [5.41, 5.74) is 0.951. The average Bonchev–Trinajstić information content (AvgIpc) is 3.13.